The summed E-state index contributed by atoms with van der Waals surface area (Å²) >= 11 is 0. The van der Waals surface area contributed by atoms with Crippen LogP contribution in [0.3, 0.4) is 0 Å². The van der Waals surface area contributed by atoms with Crippen LogP contribution >= 0.6 is 0 Å². The molecule has 0 aliphatic carbocycles. The molecular weight excluding hydrogens is 362 g/mol. The van der Waals surface area contributed by atoms with E-state index in [2.05, 4.69) is 31.4 Å². The Labute approximate surface area is 168 Å². The molecule has 1 saturated heterocycles. The van der Waals surface area contributed by atoms with Gasteiger partial charge in [-0.2, -0.15) is 10.4 Å². The average Bonchev–Trinajstić information content (AvgIpc) is 3.29. The molecule has 7 heteroatoms. The predicted molar refractivity (Wildman–Crippen MR) is 110 cm³/mol. The van der Waals surface area contributed by atoms with E-state index >= 15 is 0 Å². The fourth-order valence-corrected chi connectivity index (χ4v) is 4.01. The van der Waals surface area contributed by atoms with Gasteiger partial charge in [0.05, 0.1) is 11.2 Å². The first-order valence-electron chi connectivity index (χ1n) is 9.71. The summed E-state index contributed by atoms with van der Waals surface area (Å²) in [4.78, 5) is 7.00. The number of hydrogen-bond donors (Lipinski definition) is 1. The number of nitrogens with zero attached hydrogens (tertiary/aromatic N) is 6. The molecule has 0 bridgehead atoms. The zero-order valence-electron chi connectivity index (χ0n) is 15.8. The Balaban J connectivity index is 1.47. The van der Waals surface area contributed by atoms with Crippen LogP contribution in [0.4, 0.5) is 5.69 Å². The predicted octanol–water partition coefficient (Wildman–Crippen LogP) is 3.67. The number of aromatic nitrogens is 5. The van der Waals surface area contributed by atoms with Gasteiger partial charge in [-0.05, 0) is 18.9 Å². The minimum Gasteiger partial charge on any atom is -0.368 e. The maximum absolute atomic E-state index is 9.61. The molecule has 2 aromatic carbocycles. The topological polar surface area (TPSA) is 94.4 Å². The van der Waals surface area contributed by atoms with E-state index in [-0.39, 0.29) is 5.92 Å². The molecule has 0 saturated carbocycles. The monoisotopic (exact) mass is 381 g/mol. The largest absolute Gasteiger partial charge is 0.368 e. The van der Waals surface area contributed by atoms with Gasteiger partial charge in [0, 0.05) is 30.0 Å². The molecule has 1 N–H and O–H groups in total. The number of anilines is 1. The molecule has 5 rings (SSSR count). The van der Waals surface area contributed by atoms with Crippen LogP contribution in [0.25, 0.3) is 22.3 Å². The summed E-state index contributed by atoms with van der Waals surface area (Å²) in [5.41, 5.74) is 3.03. The molecular formula is C22H19N7. The van der Waals surface area contributed by atoms with Crippen LogP contribution < -0.4 is 4.90 Å². The second-order valence-electron chi connectivity index (χ2n) is 7.22. The summed E-state index contributed by atoms with van der Waals surface area (Å²) in [6.07, 6.45) is 2.03. The molecule has 3 heterocycles. The first kappa shape index (κ1) is 17.3. The maximum Gasteiger partial charge on any atom is 0.187 e. The van der Waals surface area contributed by atoms with Crippen molar-refractivity contribution in [3.8, 4) is 17.5 Å². The van der Waals surface area contributed by atoms with Crippen molar-refractivity contribution in [2.75, 3.05) is 18.0 Å². The van der Waals surface area contributed by atoms with Crippen molar-refractivity contribution >= 4 is 16.6 Å². The number of hydrogen-bond acceptors (Lipinski definition) is 6. The van der Waals surface area contributed by atoms with Gasteiger partial charge in [-0.15, -0.1) is 10.2 Å². The normalized spacial score (nSPS) is 16.7. The van der Waals surface area contributed by atoms with Crippen molar-refractivity contribution in [3.63, 3.8) is 0 Å². The van der Waals surface area contributed by atoms with Gasteiger partial charge in [0.2, 0.25) is 0 Å². The molecule has 1 atom stereocenters. The van der Waals surface area contributed by atoms with Crippen LogP contribution in [0, 0.1) is 11.3 Å². The smallest absolute Gasteiger partial charge is 0.187 e. The van der Waals surface area contributed by atoms with Crippen molar-refractivity contribution in [3.05, 3.63) is 66.1 Å². The molecule has 0 amide bonds. The van der Waals surface area contributed by atoms with Gasteiger partial charge in [0.1, 0.15) is 11.9 Å². The van der Waals surface area contributed by atoms with E-state index < -0.39 is 0 Å². The van der Waals surface area contributed by atoms with E-state index in [1.165, 1.54) is 0 Å². The number of piperidine rings is 1. The van der Waals surface area contributed by atoms with Crippen LogP contribution in [0.15, 0.2) is 54.6 Å². The standard InChI is InChI=1S/C22H19N7/c23-13-19-20(17-10-4-5-11-18(17)25-26-19)29-12-6-9-16(14-29)22-24-21(27-28-22)15-7-2-1-3-8-15/h1-5,7-8,10-11,16H,6,9,12,14H2,(H,24,27,28)/t16-/m1/s1. The molecule has 7 nitrogen and oxygen atoms in total. The van der Waals surface area contributed by atoms with Crippen LogP contribution in [0.1, 0.15) is 30.3 Å². The van der Waals surface area contributed by atoms with E-state index in [4.69, 9.17) is 4.98 Å². The van der Waals surface area contributed by atoms with Gasteiger partial charge < -0.3 is 4.90 Å². The van der Waals surface area contributed by atoms with Crippen LogP contribution in [0.2, 0.25) is 0 Å². The molecule has 0 spiro atoms. The Kier molecular flexibility index (Phi) is 4.37. The van der Waals surface area contributed by atoms with E-state index in [9.17, 15) is 5.26 Å². The summed E-state index contributed by atoms with van der Waals surface area (Å²) in [5, 5.41) is 26.5. The SMILES string of the molecule is N#Cc1nnc2ccccc2c1N1CCC[C@@H](c2nc(-c3ccccc3)n[nH]2)C1. The van der Waals surface area contributed by atoms with Crippen molar-refractivity contribution < 1.29 is 0 Å². The third kappa shape index (κ3) is 3.19. The van der Waals surface area contributed by atoms with Crippen molar-refractivity contribution in [1.29, 1.82) is 5.26 Å². The van der Waals surface area contributed by atoms with E-state index in [0.29, 0.717) is 11.5 Å². The molecule has 4 aromatic rings. The Morgan fingerprint density at radius 1 is 1.03 bits per heavy atom. The summed E-state index contributed by atoms with van der Waals surface area (Å²) in [6, 6.07) is 20.0. The number of nitrogens with one attached hydrogen (secondary N) is 1. The maximum atomic E-state index is 9.61. The van der Waals surface area contributed by atoms with Crippen molar-refractivity contribution in [2.24, 2.45) is 0 Å². The van der Waals surface area contributed by atoms with Gasteiger partial charge in [-0.1, -0.05) is 48.5 Å². The summed E-state index contributed by atoms with van der Waals surface area (Å²) in [5.74, 6) is 1.82. The molecule has 1 fully saturated rings. The Morgan fingerprint density at radius 3 is 2.72 bits per heavy atom. The minimum atomic E-state index is 0.215. The lowest BCUT2D eigenvalue weighted by atomic mass is 9.96. The van der Waals surface area contributed by atoms with Crippen LogP contribution in [-0.2, 0) is 0 Å². The number of benzene rings is 2. The van der Waals surface area contributed by atoms with Gasteiger partial charge in [-0.25, -0.2) is 4.98 Å². The number of H-pyrrole nitrogens is 1. The summed E-state index contributed by atoms with van der Waals surface area (Å²) in [7, 11) is 0. The fraction of sp³-hybridized carbons (Fsp3) is 0.227. The van der Waals surface area contributed by atoms with Gasteiger partial charge in [-0.3, -0.25) is 5.10 Å². The Morgan fingerprint density at radius 2 is 1.86 bits per heavy atom. The van der Waals surface area contributed by atoms with Crippen LogP contribution in [0.5, 0.6) is 0 Å². The number of nitriles is 1. The first-order valence-corrected chi connectivity index (χ1v) is 9.71. The second-order valence-corrected chi connectivity index (χ2v) is 7.22. The third-order valence-corrected chi connectivity index (χ3v) is 5.41. The number of aromatic amines is 1. The zero-order valence-corrected chi connectivity index (χ0v) is 15.8. The highest BCUT2D eigenvalue weighted by Gasteiger charge is 2.27. The van der Waals surface area contributed by atoms with Gasteiger partial charge in [0.25, 0.3) is 0 Å². The Bertz CT molecular complexity index is 1190. The lowest BCUT2D eigenvalue weighted by Crippen LogP contribution is -2.35. The lowest BCUT2D eigenvalue weighted by molar-refractivity contribution is 0.492. The quantitative estimate of drug-likeness (QED) is 0.582. The van der Waals surface area contributed by atoms with E-state index in [1.54, 1.807) is 0 Å². The highest BCUT2D eigenvalue weighted by atomic mass is 15.2. The third-order valence-electron chi connectivity index (χ3n) is 5.41. The lowest BCUT2D eigenvalue weighted by Gasteiger charge is -2.34. The van der Waals surface area contributed by atoms with Crippen LogP contribution in [-0.4, -0.2) is 38.5 Å². The minimum absolute atomic E-state index is 0.215. The highest BCUT2D eigenvalue weighted by molar-refractivity contribution is 5.93. The fourth-order valence-electron chi connectivity index (χ4n) is 4.01. The van der Waals surface area contributed by atoms with E-state index in [1.807, 2.05) is 54.6 Å². The Hall–Kier alpha value is -3.79. The molecule has 2 aromatic heterocycles. The zero-order chi connectivity index (χ0) is 19.6. The number of fused-ring (bicyclic) bond motifs is 1. The summed E-state index contributed by atoms with van der Waals surface area (Å²) in [6.45, 7) is 1.63. The molecule has 0 radical (unpaired) electrons. The van der Waals surface area contributed by atoms with Crippen molar-refractivity contribution in [2.45, 2.75) is 18.8 Å². The molecule has 142 valence electrons. The second kappa shape index (κ2) is 7.32. The summed E-state index contributed by atoms with van der Waals surface area (Å²) < 4.78 is 0. The number of rotatable bonds is 3. The van der Waals surface area contributed by atoms with Gasteiger partial charge >= 0.3 is 0 Å². The molecule has 0 unspecified atom stereocenters. The molecule has 1 aliphatic rings. The van der Waals surface area contributed by atoms with Gasteiger partial charge in [0.15, 0.2) is 11.5 Å². The molecule has 29 heavy (non-hydrogen) atoms. The van der Waals surface area contributed by atoms with Crippen molar-refractivity contribution in [1.82, 2.24) is 25.4 Å². The van der Waals surface area contributed by atoms with E-state index in [0.717, 1.165) is 53.9 Å². The average molecular weight is 381 g/mol. The molecule has 1 aliphatic heterocycles. The first-order chi connectivity index (χ1) is 14.3. The highest BCUT2D eigenvalue weighted by Crippen LogP contribution is 2.34.